The van der Waals surface area contributed by atoms with E-state index in [-0.39, 0.29) is 5.57 Å². The third-order valence-corrected chi connectivity index (χ3v) is 1.71. The van der Waals surface area contributed by atoms with Crippen molar-refractivity contribution in [1.29, 1.82) is 10.5 Å². The Bertz CT molecular complexity index is 487. The first-order valence-corrected chi connectivity index (χ1v) is 4.02. The molecule has 0 bridgehead atoms. The minimum atomic E-state index is -1.17. The second kappa shape index (κ2) is 4.59. The number of carboxylic acid groups (broad SMARTS) is 1. The van der Waals surface area contributed by atoms with Crippen molar-refractivity contribution < 1.29 is 9.90 Å². The van der Waals surface area contributed by atoms with Gasteiger partial charge in [0.05, 0.1) is 17.2 Å². The van der Waals surface area contributed by atoms with Crippen molar-refractivity contribution in [2.75, 3.05) is 0 Å². The molecule has 15 heavy (non-hydrogen) atoms. The Morgan fingerprint density at radius 1 is 1.27 bits per heavy atom. The van der Waals surface area contributed by atoms with Crippen LogP contribution in [0.1, 0.15) is 11.1 Å². The van der Waals surface area contributed by atoms with E-state index in [1.807, 2.05) is 6.07 Å². The molecule has 0 spiro atoms. The van der Waals surface area contributed by atoms with E-state index < -0.39 is 5.97 Å². The minimum absolute atomic E-state index is 0.0620. The second-order valence-electron chi connectivity index (χ2n) is 2.70. The van der Waals surface area contributed by atoms with Crippen LogP contribution in [-0.2, 0) is 4.79 Å². The first-order chi connectivity index (χ1) is 7.17. The summed E-state index contributed by atoms with van der Waals surface area (Å²) in [6.45, 7) is 0. The maximum atomic E-state index is 10.4. The van der Waals surface area contributed by atoms with Gasteiger partial charge >= 0.3 is 5.97 Å². The van der Waals surface area contributed by atoms with E-state index in [4.69, 9.17) is 15.6 Å². The molecule has 0 fully saturated rings. The van der Waals surface area contributed by atoms with Gasteiger partial charge in [-0.25, -0.2) is 4.79 Å². The summed E-state index contributed by atoms with van der Waals surface area (Å²) < 4.78 is 0. The molecule has 0 aliphatic rings. The zero-order chi connectivity index (χ0) is 11.3. The molecule has 0 unspecified atom stereocenters. The maximum Gasteiger partial charge on any atom is 0.329 e. The van der Waals surface area contributed by atoms with Gasteiger partial charge in [0.1, 0.15) is 6.07 Å². The molecule has 0 saturated heterocycles. The molecule has 1 N–H and O–H groups in total. The van der Waals surface area contributed by atoms with Crippen LogP contribution in [0.15, 0.2) is 30.3 Å². The first kappa shape index (κ1) is 10.5. The quantitative estimate of drug-likeness (QED) is 0.577. The third kappa shape index (κ3) is 2.68. The van der Waals surface area contributed by atoms with Crippen molar-refractivity contribution in [2.24, 2.45) is 0 Å². The highest BCUT2D eigenvalue weighted by molar-refractivity contribution is 5.94. The summed E-state index contributed by atoms with van der Waals surface area (Å²) in [5.74, 6) is -1.17. The van der Waals surface area contributed by atoms with E-state index in [9.17, 15) is 4.79 Å². The number of hydrogen-bond donors (Lipinski definition) is 1. The summed E-state index contributed by atoms with van der Waals surface area (Å²) in [7, 11) is 0. The second-order valence-corrected chi connectivity index (χ2v) is 2.70. The van der Waals surface area contributed by atoms with Crippen LogP contribution >= 0.6 is 0 Å². The van der Waals surface area contributed by atoms with Gasteiger partial charge in [-0.15, -0.1) is 0 Å². The molecule has 0 heterocycles. The number of rotatable bonds is 2. The molecule has 0 atom stereocenters. The lowest BCUT2D eigenvalue weighted by molar-refractivity contribution is -0.131. The van der Waals surface area contributed by atoms with Crippen molar-refractivity contribution in [3.63, 3.8) is 0 Å². The lowest BCUT2D eigenvalue weighted by Crippen LogP contribution is -1.91. The van der Waals surface area contributed by atoms with E-state index >= 15 is 0 Å². The molecule has 4 heteroatoms. The topological polar surface area (TPSA) is 84.9 Å². The van der Waals surface area contributed by atoms with Crippen molar-refractivity contribution in [3.05, 3.63) is 41.5 Å². The van der Waals surface area contributed by atoms with Gasteiger partial charge < -0.3 is 5.11 Å². The molecule has 0 radical (unpaired) electrons. The largest absolute Gasteiger partial charge is 0.478 e. The predicted octanol–water partition coefficient (Wildman–Crippen LogP) is 1.55. The number of allylic oxidation sites excluding steroid dienone is 1. The Morgan fingerprint density at radius 3 is 2.27 bits per heavy atom. The van der Waals surface area contributed by atoms with Crippen LogP contribution in [0.3, 0.4) is 0 Å². The fraction of sp³-hybridized carbons (Fsp3) is 0. The van der Waals surface area contributed by atoms with Gasteiger partial charge in [-0.2, -0.15) is 10.5 Å². The maximum absolute atomic E-state index is 10.4. The summed E-state index contributed by atoms with van der Waals surface area (Å²) in [6, 6.07) is 9.85. The molecule has 0 aliphatic carbocycles. The van der Waals surface area contributed by atoms with Crippen LogP contribution in [0.4, 0.5) is 0 Å². The molecule has 1 aromatic carbocycles. The van der Waals surface area contributed by atoms with Crippen LogP contribution in [-0.4, -0.2) is 11.1 Å². The Balaban J connectivity index is 3.12. The average molecular weight is 198 g/mol. The average Bonchev–Trinajstić information content (AvgIpc) is 2.26. The van der Waals surface area contributed by atoms with Gasteiger partial charge in [0.2, 0.25) is 0 Å². The number of carboxylic acids is 1. The molecule has 0 aromatic heterocycles. The Kier molecular flexibility index (Phi) is 3.21. The Labute approximate surface area is 86.3 Å². The zero-order valence-corrected chi connectivity index (χ0v) is 7.64. The van der Waals surface area contributed by atoms with E-state index in [2.05, 4.69) is 0 Å². The number of nitrogens with zero attached hydrogens (tertiary/aromatic N) is 2. The fourth-order valence-corrected chi connectivity index (χ4v) is 1.03. The van der Waals surface area contributed by atoms with Crippen molar-refractivity contribution in [2.45, 2.75) is 0 Å². The number of carbonyl (C=O) groups is 1. The summed E-state index contributed by atoms with van der Waals surface area (Å²) in [5, 5.41) is 25.8. The van der Waals surface area contributed by atoms with Crippen LogP contribution in [0.5, 0.6) is 0 Å². The molecular weight excluding hydrogens is 192 g/mol. The monoisotopic (exact) mass is 198 g/mol. The highest BCUT2D eigenvalue weighted by atomic mass is 16.4. The Morgan fingerprint density at radius 2 is 1.87 bits per heavy atom. The predicted molar refractivity (Wildman–Crippen MR) is 52.4 cm³/mol. The smallest absolute Gasteiger partial charge is 0.329 e. The van der Waals surface area contributed by atoms with Gasteiger partial charge in [-0.3, -0.25) is 0 Å². The molecule has 72 valence electrons. The lowest BCUT2D eigenvalue weighted by Gasteiger charge is -1.97. The lowest BCUT2D eigenvalue weighted by atomic mass is 10.1. The summed E-state index contributed by atoms with van der Waals surface area (Å²) >= 11 is 0. The molecular formula is C11H6N2O2. The van der Waals surface area contributed by atoms with Crippen molar-refractivity contribution in [3.8, 4) is 12.1 Å². The van der Waals surface area contributed by atoms with Gasteiger partial charge in [0.25, 0.3) is 0 Å². The molecule has 0 saturated carbocycles. The number of benzene rings is 1. The number of hydrogen-bond acceptors (Lipinski definition) is 3. The molecule has 4 nitrogen and oxygen atoms in total. The van der Waals surface area contributed by atoms with Gasteiger partial charge in [0.15, 0.2) is 0 Å². The Hall–Kier alpha value is -2.59. The highest BCUT2D eigenvalue weighted by Crippen LogP contribution is 2.13. The minimum Gasteiger partial charge on any atom is -0.478 e. The standard InChI is InChI=1S/C11H6N2O2/c12-6-8-1-3-9(4-2-8)10(7-13)5-11(14)15/h1-5H,(H,14,15). The summed E-state index contributed by atoms with van der Waals surface area (Å²) in [5.41, 5.74) is 1.01. The number of nitriles is 2. The SMILES string of the molecule is N#CC(=CC(=O)O)c1ccc(C#N)cc1. The van der Waals surface area contributed by atoms with Crippen molar-refractivity contribution in [1.82, 2.24) is 0 Å². The van der Waals surface area contributed by atoms with E-state index in [0.29, 0.717) is 11.1 Å². The van der Waals surface area contributed by atoms with Crippen LogP contribution < -0.4 is 0 Å². The summed E-state index contributed by atoms with van der Waals surface area (Å²) in [4.78, 5) is 10.4. The van der Waals surface area contributed by atoms with Gasteiger partial charge in [-0.05, 0) is 17.7 Å². The molecule has 1 aromatic rings. The van der Waals surface area contributed by atoms with Crippen LogP contribution in [0, 0.1) is 22.7 Å². The summed E-state index contributed by atoms with van der Waals surface area (Å²) in [6.07, 6.45) is 0.835. The molecule has 0 amide bonds. The van der Waals surface area contributed by atoms with E-state index in [1.165, 1.54) is 24.3 Å². The molecule has 1 rings (SSSR count). The normalized spacial score (nSPS) is 10.1. The first-order valence-electron chi connectivity index (χ1n) is 4.02. The van der Waals surface area contributed by atoms with Gasteiger partial charge in [0, 0.05) is 6.08 Å². The van der Waals surface area contributed by atoms with Crippen molar-refractivity contribution >= 4 is 11.5 Å². The highest BCUT2D eigenvalue weighted by Gasteiger charge is 2.02. The molecule has 0 aliphatic heterocycles. The zero-order valence-electron chi connectivity index (χ0n) is 7.64. The fourth-order valence-electron chi connectivity index (χ4n) is 1.03. The number of aliphatic carboxylic acids is 1. The van der Waals surface area contributed by atoms with E-state index in [1.54, 1.807) is 6.07 Å². The third-order valence-electron chi connectivity index (χ3n) is 1.71. The van der Waals surface area contributed by atoms with E-state index in [0.717, 1.165) is 6.08 Å². The van der Waals surface area contributed by atoms with Gasteiger partial charge in [-0.1, -0.05) is 12.1 Å². The van der Waals surface area contributed by atoms with Crippen LogP contribution in [0.25, 0.3) is 5.57 Å². The van der Waals surface area contributed by atoms with Crippen LogP contribution in [0.2, 0.25) is 0 Å².